The van der Waals surface area contributed by atoms with Crippen molar-refractivity contribution in [3.8, 4) is 12.3 Å². The lowest BCUT2D eigenvalue weighted by molar-refractivity contribution is 0.0652. The fraction of sp³-hybridized carbons (Fsp3) is 0.357. The number of nitrogens with zero attached hydrogens (tertiary/aromatic N) is 2. The van der Waals surface area contributed by atoms with Crippen LogP contribution >= 0.6 is 11.6 Å². The van der Waals surface area contributed by atoms with Gasteiger partial charge in [-0.05, 0) is 18.2 Å². The summed E-state index contributed by atoms with van der Waals surface area (Å²) in [6, 6.07) is 4.98. The molecule has 5 heteroatoms. The Bertz CT molecular complexity index is 516. The Morgan fingerprint density at radius 1 is 1.37 bits per heavy atom. The number of anilines is 1. The number of amides is 1. The molecule has 1 saturated heterocycles. The largest absolute Gasteiger partial charge is 0.398 e. The van der Waals surface area contributed by atoms with Crippen molar-refractivity contribution in [2.75, 3.05) is 38.5 Å². The minimum absolute atomic E-state index is 0.0104. The third kappa shape index (κ3) is 3.19. The Hall–Kier alpha value is -1.70. The number of piperazine rings is 1. The highest BCUT2D eigenvalue weighted by Crippen LogP contribution is 2.20. The van der Waals surface area contributed by atoms with Crippen LogP contribution in [0.4, 0.5) is 5.69 Å². The standard InChI is InChI=1S/C14H16ClN3O/c1-2-5-17-6-8-18(9-7-17)14(19)11-3-4-12(15)13(16)10-11/h1,3-4,10H,5-9,16H2. The second-order valence-electron chi connectivity index (χ2n) is 4.51. The van der Waals surface area contributed by atoms with E-state index in [0.29, 0.717) is 35.9 Å². The van der Waals surface area contributed by atoms with E-state index in [9.17, 15) is 4.79 Å². The zero-order chi connectivity index (χ0) is 13.8. The van der Waals surface area contributed by atoms with Gasteiger partial charge in [0.25, 0.3) is 5.91 Å². The van der Waals surface area contributed by atoms with Gasteiger partial charge in [0.1, 0.15) is 0 Å². The minimum Gasteiger partial charge on any atom is -0.398 e. The quantitative estimate of drug-likeness (QED) is 0.655. The molecule has 19 heavy (non-hydrogen) atoms. The number of carbonyl (C=O) groups excluding carboxylic acids is 1. The number of carbonyl (C=O) groups is 1. The third-order valence-corrected chi connectivity index (χ3v) is 3.56. The number of rotatable bonds is 2. The number of terminal acetylenes is 1. The van der Waals surface area contributed by atoms with Gasteiger partial charge in [0.15, 0.2) is 0 Å². The van der Waals surface area contributed by atoms with Gasteiger partial charge in [-0.1, -0.05) is 17.5 Å². The van der Waals surface area contributed by atoms with Crippen LogP contribution < -0.4 is 5.73 Å². The molecule has 0 unspecified atom stereocenters. The Morgan fingerprint density at radius 3 is 2.63 bits per heavy atom. The van der Waals surface area contributed by atoms with Gasteiger partial charge < -0.3 is 10.6 Å². The average molecular weight is 278 g/mol. The summed E-state index contributed by atoms with van der Waals surface area (Å²) in [6.07, 6.45) is 5.28. The highest BCUT2D eigenvalue weighted by Gasteiger charge is 2.21. The molecule has 1 fully saturated rings. The number of benzene rings is 1. The van der Waals surface area contributed by atoms with E-state index in [1.54, 1.807) is 18.2 Å². The van der Waals surface area contributed by atoms with Gasteiger partial charge in [0.2, 0.25) is 0 Å². The van der Waals surface area contributed by atoms with Crippen molar-refractivity contribution < 1.29 is 4.79 Å². The number of halogens is 1. The normalized spacial score (nSPS) is 16.1. The number of hydrogen-bond acceptors (Lipinski definition) is 3. The van der Waals surface area contributed by atoms with Crippen molar-refractivity contribution in [3.05, 3.63) is 28.8 Å². The van der Waals surface area contributed by atoms with Crippen molar-refractivity contribution >= 4 is 23.2 Å². The molecular formula is C14H16ClN3O. The van der Waals surface area contributed by atoms with Crippen LogP contribution in [0.2, 0.25) is 5.02 Å². The summed E-state index contributed by atoms with van der Waals surface area (Å²) in [7, 11) is 0. The summed E-state index contributed by atoms with van der Waals surface area (Å²) in [4.78, 5) is 16.3. The number of hydrogen-bond donors (Lipinski definition) is 1. The monoisotopic (exact) mass is 277 g/mol. The van der Waals surface area contributed by atoms with Crippen molar-refractivity contribution in [1.82, 2.24) is 9.80 Å². The fourth-order valence-corrected chi connectivity index (χ4v) is 2.22. The van der Waals surface area contributed by atoms with Gasteiger partial charge in [-0.25, -0.2) is 0 Å². The van der Waals surface area contributed by atoms with Crippen LogP contribution in [0, 0.1) is 12.3 Å². The van der Waals surface area contributed by atoms with E-state index >= 15 is 0 Å². The molecule has 1 aromatic rings. The zero-order valence-corrected chi connectivity index (χ0v) is 11.4. The molecule has 1 aromatic carbocycles. The van der Waals surface area contributed by atoms with Crippen molar-refractivity contribution in [3.63, 3.8) is 0 Å². The van der Waals surface area contributed by atoms with Gasteiger partial charge in [-0.2, -0.15) is 0 Å². The molecule has 0 saturated carbocycles. The molecule has 0 aromatic heterocycles. The summed E-state index contributed by atoms with van der Waals surface area (Å²) in [5.74, 6) is 2.61. The molecule has 1 aliphatic rings. The number of nitrogen functional groups attached to an aromatic ring is 1. The lowest BCUT2D eigenvalue weighted by atomic mass is 10.1. The minimum atomic E-state index is -0.0104. The van der Waals surface area contributed by atoms with Crippen LogP contribution in [0.5, 0.6) is 0 Å². The smallest absolute Gasteiger partial charge is 0.254 e. The summed E-state index contributed by atoms with van der Waals surface area (Å²) in [6.45, 7) is 3.61. The van der Waals surface area contributed by atoms with E-state index in [1.165, 1.54) is 0 Å². The predicted molar refractivity (Wildman–Crippen MR) is 77.0 cm³/mol. The van der Waals surface area contributed by atoms with Crippen LogP contribution in [-0.2, 0) is 0 Å². The molecule has 4 nitrogen and oxygen atoms in total. The third-order valence-electron chi connectivity index (χ3n) is 3.22. The molecule has 2 N–H and O–H groups in total. The van der Waals surface area contributed by atoms with E-state index < -0.39 is 0 Å². The van der Waals surface area contributed by atoms with Gasteiger partial charge in [-0.3, -0.25) is 9.69 Å². The first kappa shape index (κ1) is 13.7. The van der Waals surface area contributed by atoms with Gasteiger partial charge >= 0.3 is 0 Å². The second kappa shape index (κ2) is 5.96. The highest BCUT2D eigenvalue weighted by atomic mass is 35.5. The fourth-order valence-electron chi connectivity index (χ4n) is 2.10. The molecule has 0 spiro atoms. The molecule has 0 radical (unpaired) electrons. The van der Waals surface area contributed by atoms with Gasteiger partial charge in [-0.15, -0.1) is 6.42 Å². The Labute approximate surface area is 118 Å². The van der Waals surface area contributed by atoms with Crippen LogP contribution in [0.25, 0.3) is 0 Å². The first-order valence-electron chi connectivity index (χ1n) is 6.12. The first-order valence-corrected chi connectivity index (χ1v) is 6.49. The molecule has 1 amide bonds. The summed E-state index contributed by atoms with van der Waals surface area (Å²) in [5, 5.41) is 0.468. The molecular weight excluding hydrogens is 262 g/mol. The Morgan fingerprint density at radius 2 is 2.05 bits per heavy atom. The average Bonchev–Trinajstić information content (AvgIpc) is 2.42. The molecule has 1 aliphatic heterocycles. The van der Waals surface area contributed by atoms with Crippen LogP contribution in [0.3, 0.4) is 0 Å². The molecule has 2 rings (SSSR count). The molecule has 0 atom stereocenters. The topological polar surface area (TPSA) is 49.6 Å². The molecule has 0 bridgehead atoms. The van der Waals surface area contributed by atoms with Crippen molar-refractivity contribution in [2.24, 2.45) is 0 Å². The second-order valence-corrected chi connectivity index (χ2v) is 4.92. The zero-order valence-electron chi connectivity index (χ0n) is 10.6. The van der Waals surface area contributed by atoms with E-state index in [-0.39, 0.29) is 5.91 Å². The van der Waals surface area contributed by atoms with Gasteiger partial charge in [0.05, 0.1) is 17.3 Å². The SMILES string of the molecule is C#CCN1CCN(C(=O)c2ccc(Cl)c(N)c2)CC1. The Balaban J connectivity index is 2.01. The van der Waals surface area contributed by atoms with E-state index in [2.05, 4.69) is 10.8 Å². The molecule has 100 valence electrons. The van der Waals surface area contributed by atoms with Crippen molar-refractivity contribution in [1.29, 1.82) is 0 Å². The van der Waals surface area contributed by atoms with E-state index in [4.69, 9.17) is 23.8 Å². The maximum atomic E-state index is 12.3. The van der Waals surface area contributed by atoms with Crippen LogP contribution in [-0.4, -0.2) is 48.4 Å². The first-order chi connectivity index (χ1) is 9.11. The summed E-state index contributed by atoms with van der Waals surface area (Å²) >= 11 is 5.85. The summed E-state index contributed by atoms with van der Waals surface area (Å²) < 4.78 is 0. The van der Waals surface area contributed by atoms with E-state index in [1.807, 2.05) is 4.90 Å². The number of nitrogens with two attached hydrogens (primary N) is 1. The van der Waals surface area contributed by atoms with Crippen LogP contribution in [0.15, 0.2) is 18.2 Å². The molecule has 1 heterocycles. The maximum absolute atomic E-state index is 12.3. The lowest BCUT2D eigenvalue weighted by Crippen LogP contribution is -2.48. The maximum Gasteiger partial charge on any atom is 0.254 e. The van der Waals surface area contributed by atoms with Crippen molar-refractivity contribution in [2.45, 2.75) is 0 Å². The predicted octanol–water partition coefficient (Wildman–Crippen LogP) is 1.31. The Kier molecular flexibility index (Phi) is 4.31. The highest BCUT2D eigenvalue weighted by molar-refractivity contribution is 6.33. The lowest BCUT2D eigenvalue weighted by Gasteiger charge is -2.33. The van der Waals surface area contributed by atoms with Crippen LogP contribution in [0.1, 0.15) is 10.4 Å². The summed E-state index contributed by atoms with van der Waals surface area (Å²) in [5.41, 5.74) is 6.72. The van der Waals surface area contributed by atoms with Gasteiger partial charge in [0, 0.05) is 31.7 Å². The van der Waals surface area contributed by atoms with E-state index in [0.717, 1.165) is 13.1 Å². The molecule has 0 aliphatic carbocycles.